The van der Waals surface area contributed by atoms with Gasteiger partial charge in [0.15, 0.2) is 5.11 Å². The van der Waals surface area contributed by atoms with E-state index in [9.17, 15) is 14.4 Å². The van der Waals surface area contributed by atoms with E-state index in [0.29, 0.717) is 18.7 Å². The van der Waals surface area contributed by atoms with Gasteiger partial charge in [-0.1, -0.05) is 22.0 Å². The summed E-state index contributed by atoms with van der Waals surface area (Å²) < 4.78 is 5.73. The maximum absolute atomic E-state index is 12.4. The summed E-state index contributed by atoms with van der Waals surface area (Å²) in [5.41, 5.74) is 1.44. The van der Waals surface area contributed by atoms with Crippen molar-refractivity contribution in [1.29, 1.82) is 0 Å². The predicted octanol–water partition coefficient (Wildman–Crippen LogP) is 1.53. The minimum atomic E-state index is -0.805. The summed E-state index contributed by atoms with van der Waals surface area (Å²) in [4.78, 5) is 37.9. The Morgan fingerprint density at radius 3 is 2.85 bits per heavy atom. The van der Waals surface area contributed by atoms with E-state index in [1.807, 2.05) is 13.0 Å². The van der Waals surface area contributed by atoms with Crippen molar-refractivity contribution in [2.45, 2.75) is 26.3 Å². The lowest BCUT2D eigenvalue weighted by molar-refractivity contribution is -0.147. The molecule has 9 heteroatoms. The molecular weight excluding hydrogens is 422 g/mol. The van der Waals surface area contributed by atoms with E-state index in [1.165, 1.54) is 0 Å². The number of nitrogens with zero attached hydrogens (tertiary/aromatic N) is 1. The van der Waals surface area contributed by atoms with Gasteiger partial charge in [0.05, 0.1) is 13.0 Å². The number of amides is 2. The van der Waals surface area contributed by atoms with Crippen LogP contribution < -0.4 is 10.6 Å². The molecule has 7 nitrogen and oxygen atoms in total. The summed E-state index contributed by atoms with van der Waals surface area (Å²) in [5.74, 6) is -1.19. The Hall–Kier alpha value is -2.00. The number of hydrogen-bond acceptors (Lipinski definition) is 5. The van der Waals surface area contributed by atoms with Crippen molar-refractivity contribution in [3.63, 3.8) is 0 Å². The van der Waals surface area contributed by atoms with Crippen molar-refractivity contribution >= 4 is 51.0 Å². The number of rotatable bonds is 4. The van der Waals surface area contributed by atoms with Crippen LogP contribution in [-0.4, -0.2) is 53.5 Å². The number of benzene rings is 1. The van der Waals surface area contributed by atoms with Gasteiger partial charge in [0.1, 0.15) is 6.04 Å². The zero-order valence-electron chi connectivity index (χ0n) is 14.5. The molecule has 2 N–H and O–H groups in total. The van der Waals surface area contributed by atoms with Crippen LogP contribution in [0.3, 0.4) is 0 Å². The SMILES string of the molecule is CCOC(=O)C[C@H]1C(=O)NCCN1C(=S)NC(=O)c1ccc(C)c(Br)c1. The first-order valence-electron chi connectivity index (χ1n) is 8.15. The van der Waals surface area contributed by atoms with Crippen LogP contribution in [-0.2, 0) is 14.3 Å². The van der Waals surface area contributed by atoms with Gasteiger partial charge >= 0.3 is 5.97 Å². The second-order valence-electron chi connectivity index (χ2n) is 5.73. The molecule has 1 aliphatic rings. The first-order valence-corrected chi connectivity index (χ1v) is 9.35. The molecule has 0 aliphatic carbocycles. The molecule has 0 aromatic heterocycles. The normalized spacial score (nSPS) is 16.7. The number of hydrogen-bond donors (Lipinski definition) is 2. The number of thiocarbonyl (C=S) groups is 1. The number of esters is 1. The Morgan fingerprint density at radius 1 is 1.46 bits per heavy atom. The van der Waals surface area contributed by atoms with Crippen LogP contribution in [0.1, 0.15) is 29.3 Å². The van der Waals surface area contributed by atoms with Crippen LogP contribution in [0.25, 0.3) is 0 Å². The monoisotopic (exact) mass is 441 g/mol. The lowest BCUT2D eigenvalue weighted by atomic mass is 10.1. The molecule has 1 fully saturated rings. The van der Waals surface area contributed by atoms with E-state index in [4.69, 9.17) is 17.0 Å². The lowest BCUT2D eigenvalue weighted by Gasteiger charge is -2.36. The quantitative estimate of drug-likeness (QED) is 0.543. The second kappa shape index (κ2) is 9.09. The minimum Gasteiger partial charge on any atom is -0.466 e. The molecule has 1 aliphatic heterocycles. The first-order chi connectivity index (χ1) is 12.3. The van der Waals surface area contributed by atoms with Gasteiger partial charge in [0, 0.05) is 23.1 Å². The molecular formula is C17H20BrN3O4S. The molecule has 1 saturated heterocycles. The fourth-order valence-corrected chi connectivity index (χ4v) is 3.20. The van der Waals surface area contributed by atoms with E-state index in [-0.39, 0.29) is 30.0 Å². The summed E-state index contributed by atoms with van der Waals surface area (Å²) in [6, 6.07) is 4.41. The van der Waals surface area contributed by atoms with Gasteiger partial charge in [-0.15, -0.1) is 0 Å². The Kier molecular flexibility index (Phi) is 7.10. The van der Waals surface area contributed by atoms with E-state index >= 15 is 0 Å². The Balaban J connectivity index is 2.09. The number of aryl methyl sites for hydroxylation is 1. The van der Waals surface area contributed by atoms with Gasteiger partial charge in [0.25, 0.3) is 5.91 Å². The summed E-state index contributed by atoms with van der Waals surface area (Å²) >= 11 is 8.70. The third kappa shape index (κ3) is 5.01. The second-order valence-corrected chi connectivity index (χ2v) is 6.97. The van der Waals surface area contributed by atoms with Crippen molar-refractivity contribution < 1.29 is 19.1 Å². The van der Waals surface area contributed by atoms with Crippen LogP contribution >= 0.6 is 28.1 Å². The highest BCUT2D eigenvalue weighted by Gasteiger charge is 2.34. The highest BCUT2D eigenvalue weighted by atomic mass is 79.9. The molecule has 1 heterocycles. The van der Waals surface area contributed by atoms with E-state index in [1.54, 1.807) is 24.0 Å². The summed E-state index contributed by atoms with van der Waals surface area (Å²) in [7, 11) is 0. The molecule has 0 spiro atoms. The molecule has 0 radical (unpaired) electrons. The van der Waals surface area contributed by atoms with Crippen molar-refractivity contribution in [2.24, 2.45) is 0 Å². The molecule has 0 bridgehead atoms. The predicted molar refractivity (Wildman–Crippen MR) is 104 cm³/mol. The Bertz CT molecular complexity index is 741. The zero-order valence-corrected chi connectivity index (χ0v) is 16.9. The maximum atomic E-state index is 12.4. The summed E-state index contributed by atoms with van der Waals surface area (Å²) in [5, 5.41) is 5.44. The number of halogens is 1. The van der Waals surface area contributed by atoms with Crippen LogP contribution in [0.5, 0.6) is 0 Å². The summed E-state index contributed by atoms with van der Waals surface area (Å²) in [6.07, 6.45) is -0.133. The third-order valence-corrected chi connectivity index (χ3v) is 5.10. The van der Waals surface area contributed by atoms with Crippen molar-refractivity contribution in [3.05, 3.63) is 33.8 Å². The molecule has 1 atom stereocenters. The Labute approximate surface area is 165 Å². The van der Waals surface area contributed by atoms with E-state index in [0.717, 1.165) is 10.0 Å². The molecule has 140 valence electrons. The van der Waals surface area contributed by atoms with Gasteiger partial charge in [-0.3, -0.25) is 19.7 Å². The summed E-state index contributed by atoms with van der Waals surface area (Å²) in [6.45, 7) is 4.62. The molecule has 1 aromatic carbocycles. The van der Waals surface area contributed by atoms with Gasteiger partial charge in [-0.05, 0) is 43.8 Å². The molecule has 0 saturated carbocycles. The smallest absolute Gasteiger partial charge is 0.308 e. The standard InChI is InChI=1S/C17H20BrN3O4S/c1-3-25-14(22)9-13-16(24)19-6-7-21(13)17(26)20-15(23)11-5-4-10(2)12(18)8-11/h4-5,8,13H,3,6-7,9H2,1-2H3,(H,19,24)(H,20,23,26)/t13-/m0/s1. The van der Waals surface area contributed by atoms with E-state index < -0.39 is 12.0 Å². The van der Waals surface area contributed by atoms with Gasteiger partial charge in [-0.25, -0.2) is 0 Å². The average molecular weight is 442 g/mol. The molecule has 1 aromatic rings. The topological polar surface area (TPSA) is 87.7 Å². The largest absolute Gasteiger partial charge is 0.466 e. The number of ether oxygens (including phenoxy) is 1. The van der Waals surface area contributed by atoms with Crippen molar-refractivity contribution in [2.75, 3.05) is 19.7 Å². The van der Waals surface area contributed by atoms with Gasteiger partial charge in [-0.2, -0.15) is 0 Å². The van der Waals surface area contributed by atoms with E-state index in [2.05, 4.69) is 26.6 Å². The number of nitrogens with one attached hydrogen (secondary N) is 2. The molecule has 2 rings (SSSR count). The van der Waals surface area contributed by atoms with Gasteiger partial charge in [0.2, 0.25) is 5.91 Å². The molecule has 2 amide bonds. The zero-order chi connectivity index (χ0) is 19.3. The third-order valence-electron chi connectivity index (χ3n) is 3.91. The first kappa shape index (κ1) is 20.3. The highest BCUT2D eigenvalue weighted by Crippen LogP contribution is 2.18. The molecule has 0 unspecified atom stereocenters. The maximum Gasteiger partial charge on any atom is 0.308 e. The fourth-order valence-electron chi connectivity index (χ4n) is 2.51. The number of carbonyl (C=O) groups excluding carboxylic acids is 3. The highest BCUT2D eigenvalue weighted by molar-refractivity contribution is 9.10. The van der Waals surface area contributed by atoms with Crippen LogP contribution in [0.15, 0.2) is 22.7 Å². The van der Waals surface area contributed by atoms with Crippen LogP contribution in [0.4, 0.5) is 0 Å². The van der Waals surface area contributed by atoms with Gasteiger partial charge < -0.3 is 15.0 Å². The molecule has 26 heavy (non-hydrogen) atoms. The van der Waals surface area contributed by atoms with Crippen molar-refractivity contribution in [3.8, 4) is 0 Å². The van der Waals surface area contributed by atoms with Crippen LogP contribution in [0, 0.1) is 6.92 Å². The average Bonchev–Trinajstić information content (AvgIpc) is 2.59. The minimum absolute atomic E-state index is 0.107. The Morgan fingerprint density at radius 2 is 2.19 bits per heavy atom. The van der Waals surface area contributed by atoms with Crippen LogP contribution in [0.2, 0.25) is 0 Å². The lowest BCUT2D eigenvalue weighted by Crippen LogP contribution is -2.60. The number of carbonyl (C=O) groups is 3. The van der Waals surface area contributed by atoms with Crippen molar-refractivity contribution in [1.82, 2.24) is 15.5 Å². The number of piperazine rings is 1. The fraction of sp³-hybridized carbons (Fsp3) is 0.412.